The van der Waals surface area contributed by atoms with Gasteiger partial charge in [0.1, 0.15) is 12.9 Å². The monoisotopic (exact) mass is 324 g/mol. The third kappa shape index (κ3) is 3.12. The predicted molar refractivity (Wildman–Crippen MR) is 75.3 cm³/mol. The quantitative estimate of drug-likeness (QED) is 0.774. The summed E-state index contributed by atoms with van der Waals surface area (Å²) in [6.45, 7) is 0.430. The Hall–Kier alpha value is -1.32. The summed E-state index contributed by atoms with van der Waals surface area (Å²) in [6, 6.07) is 13.1. The molecule has 18 heavy (non-hydrogen) atoms. The predicted octanol–water partition coefficient (Wildman–Crippen LogP) is 4.49. The van der Waals surface area contributed by atoms with Crippen molar-refractivity contribution < 1.29 is 9.53 Å². The Labute approximate surface area is 119 Å². The van der Waals surface area contributed by atoms with Crippen LogP contribution in [0.3, 0.4) is 0 Å². The summed E-state index contributed by atoms with van der Waals surface area (Å²) in [7, 11) is 0. The van der Waals surface area contributed by atoms with Crippen LogP contribution in [0.25, 0.3) is 0 Å². The molecule has 4 heteroatoms. The molecule has 0 aliphatic rings. The second-order valence-electron chi connectivity index (χ2n) is 3.71. The van der Waals surface area contributed by atoms with Crippen molar-refractivity contribution in [3.63, 3.8) is 0 Å². The number of halogens is 2. The SMILES string of the molecule is O=Cc1cc(Cl)c(OCc2ccccc2)c(Br)c1. The Bertz CT molecular complexity index is 532. The molecule has 0 saturated heterocycles. The van der Waals surface area contributed by atoms with Gasteiger partial charge in [-0.1, -0.05) is 41.9 Å². The van der Waals surface area contributed by atoms with Crippen LogP contribution in [-0.4, -0.2) is 6.29 Å². The summed E-state index contributed by atoms with van der Waals surface area (Å²) in [5.41, 5.74) is 1.57. The minimum Gasteiger partial charge on any atom is -0.486 e. The maximum atomic E-state index is 10.7. The maximum absolute atomic E-state index is 10.7. The third-order valence-corrected chi connectivity index (χ3v) is 3.25. The maximum Gasteiger partial charge on any atom is 0.152 e. The first-order valence-corrected chi connectivity index (χ1v) is 6.49. The molecule has 0 amide bonds. The van der Waals surface area contributed by atoms with E-state index in [0.29, 0.717) is 27.4 Å². The summed E-state index contributed by atoms with van der Waals surface area (Å²) in [4.78, 5) is 10.7. The van der Waals surface area contributed by atoms with Gasteiger partial charge in [0, 0.05) is 5.56 Å². The Morgan fingerprint density at radius 3 is 2.56 bits per heavy atom. The highest BCUT2D eigenvalue weighted by molar-refractivity contribution is 9.10. The number of aldehydes is 1. The highest BCUT2D eigenvalue weighted by Gasteiger charge is 2.09. The zero-order valence-electron chi connectivity index (χ0n) is 9.40. The summed E-state index contributed by atoms with van der Waals surface area (Å²) < 4.78 is 6.33. The molecule has 0 N–H and O–H groups in total. The van der Waals surface area contributed by atoms with Crippen LogP contribution in [-0.2, 0) is 6.61 Å². The molecule has 0 saturated carbocycles. The zero-order valence-corrected chi connectivity index (χ0v) is 11.7. The molecule has 0 fully saturated rings. The summed E-state index contributed by atoms with van der Waals surface area (Å²) in [5.74, 6) is 0.547. The fourth-order valence-electron chi connectivity index (χ4n) is 1.52. The van der Waals surface area contributed by atoms with E-state index in [4.69, 9.17) is 16.3 Å². The Kier molecular flexibility index (Phi) is 4.39. The van der Waals surface area contributed by atoms with E-state index in [1.54, 1.807) is 12.1 Å². The minimum absolute atomic E-state index is 0.419. The van der Waals surface area contributed by atoms with Gasteiger partial charge in [-0.2, -0.15) is 0 Å². The fourth-order valence-corrected chi connectivity index (χ4v) is 2.50. The van der Waals surface area contributed by atoms with Crippen LogP contribution >= 0.6 is 27.5 Å². The van der Waals surface area contributed by atoms with Crippen molar-refractivity contribution in [1.29, 1.82) is 0 Å². The van der Waals surface area contributed by atoms with Crippen LogP contribution in [0.15, 0.2) is 46.9 Å². The number of carbonyl (C=O) groups excluding carboxylic acids is 1. The smallest absolute Gasteiger partial charge is 0.152 e. The first-order valence-electron chi connectivity index (χ1n) is 5.31. The van der Waals surface area contributed by atoms with Crippen LogP contribution in [0.5, 0.6) is 5.75 Å². The van der Waals surface area contributed by atoms with Gasteiger partial charge in [0.2, 0.25) is 0 Å². The van der Waals surface area contributed by atoms with Gasteiger partial charge in [0.15, 0.2) is 5.75 Å². The van der Waals surface area contributed by atoms with Gasteiger partial charge in [-0.15, -0.1) is 0 Å². The molecular formula is C14H10BrClO2. The highest BCUT2D eigenvalue weighted by atomic mass is 79.9. The highest BCUT2D eigenvalue weighted by Crippen LogP contribution is 2.34. The molecule has 92 valence electrons. The van der Waals surface area contributed by atoms with Gasteiger partial charge in [0.05, 0.1) is 9.50 Å². The lowest BCUT2D eigenvalue weighted by molar-refractivity contribution is 0.112. The third-order valence-electron chi connectivity index (χ3n) is 2.38. The van der Waals surface area contributed by atoms with E-state index >= 15 is 0 Å². The van der Waals surface area contributed by atoms with Crippen LogP contribution in [0.1, 0.15) is 15.9 Å². The fraction of sp³-hybridized carbons (Fsp3) is 0.0714. The van der Waals surface area contributed by atoms with E-state index < -0.39 is 0 Å². The minimum atomic E-state index is 0.419. The number of benzene rings is 2. The van der Waals surface area contributed by atoms with E-state index in [9.17, 15) is 4.79 Å². The lowest BCUT2D eigenvalue weighted by Gasteiger charge is -2.10. The van der Waals surface area contributed by atoms with Gasteiger partial charge in [-0.05, 0) is 33.6 Å². The van der Waals surface area contributed by atoms with Crippen molar-refractivity contribution in [3.8, 4) is 5.75 Å². The van der Waals surface area contributed by atoms with Crippen LogP contribution < -0.4 is 4.74 Å². The lowest BCUT2D eigenvalue weighted by Crippen LogP contribution is -1.97. The molecule has 0 aromatic heterocycles. The molecule has 2 aromatic rings. The van der Waals surface area contributed by atoms with Crippen LogP contribution in [0.4, 0.5) is 0 Å². The summed E-state index contributed by atoms with van der Waals surface area (Å²) in [5, 5.41) is 0.419. The molecule has 2 aromatic carbocycles. The molecule has 0 heterocycles. The van der Waals surface area contributed by atoms with Crippen molar-refractivity contribution in [2.45, 2.75) is 6.61 Å². The molecule has 0 radical (unpaired) electrons. The van der Waals surface area contributed by atoms with Gasteiger partial charge >= 0.3 is 0 Å². The largest absolute Gasteiger partial charge is 0.486 e. The number of carbonyl (C=O) groups is 1. The first kappa shape index (κ1) is 13.1. The van der Waals surface area contributed by atoms with E-state index in [-0.39, 0.29) is 0 Å². The molecule has 0 aliphatic heterocycles. The molecule has 2 rings (SSSR count). The second kappa shape index (κ2) is 6.03. The normalized spacial score (nSPS) is 10.1. The molecule has 0 unspecified atom stereocenters. The van der Waals surface area contributed by atoms with Gasteiger partial charge in [0.25, 0.3) is 0 Å². The molecule has 0 bridgehead atoms. The van der Waals surface area contributed by atoms with E-state index in [1.807, 2.05) is 30.3 Å². The second-order valence-corrected chi connectivity index (χ2v) is 4.97. The van der Waals surface area contributed by atoms with E-state index in [0.717, 1.165) is 11.8 Å². The lowest BCUT2D eigenvalue weighted by atomic mass is 10.2. The van der Waals surface area contributed by atoms with Crippen molar-refractivity contribution in [2.75, 3.05) is 0 Å². The van der Waals surface area contributed by atoms with Crippen molar-refractivity contribution in [1.82, 2.24) is 0 Å². The average molecular weight is 326 g/mol. The van der Waals surface area contributed by atoms with E-state index in [2.05, 4.69) is 15.9 Å². The number of ether oxygens (including phenoxy) is 1. The molecule has 2 nitrogen and oxygen atoms in total. The molecular weight excluding hydrogens is 316 g/mol. The van der Waals surface area contributed by atoms with Crippen molar-refractivity contribution in [2.24, 2.45) is 0 Å². The first-order chi connectivity index (χ1) is 8.70. The molecule has 0 spiro atoms. The van der Waals surface area contributed by atoms with Crippen molar-refractivity contribution in [3.05, 3.63) is 63.1 Å². The summed E-state index contributed by atoms with van der Waals surface area (Å²) >= 11 is 9.41. The average Bonchev–Trinajstić information content (AvgIpc) is 2.38. The zero-order chi connectivity index (χ0) is 13.0. The molecule has 0 aliphatic carbocycles. The van der Waals surface area contributed by atoms with Gasteiger partial charge < -0.3 is 4.74 Å². The van der Waals surface area contributed by atoms with E-state index in [1.165, 1.54) is 0 Å². The summed E-state index contributed by atoms with van der Waals surface area (Å²) in [6.07, 6.45) is 0.748. The number of hydrogen-bond donors (Lipinski definition) is 0. The number of rotatable bonds is 4. The Morgan fingerprint density at radius 2 is 1.94 bits per heavy atom. The van der Waals surface area contributed by atoms with Crippen molar-refractivity contribution >= 4 is 33.8 Å². The standard InChI is InChI=1S/C14H10BrClO2/c15-12-6-11(8-17)7-13(16)14(12)18-9-10-4-2-1-3-5-10/h1-8H,9H2. The topological polar surface area (TPSA) is 26.3 Å². The number of hydrogen-bond acceptors (Lipinski definition) is 2. The Balaban J connectivity index is 2.17. The molecule has 0 atom stereocenters. The Morgan fingerprint density at radius 1 is 1.22 bits per heavy atom. The van der Waals surface area contributed by atoms with Gasteiger partial charge in [-0.3, -0.25) is 4.79 Å². The van der Waals surface area contributed by atoms with Gasteiger partial charge in [-0.25, -0.2) is 0 Å². The van der Waals surface area contributed by atoms with Crippen LogP contribution in [0.2, 0.25) is 5.02 Å². The van der Waals surface area contributed by atoms with Crippen LogP contribution in [0, 0.1) is 0 Å².